The van der Waals surface area contributed by atoms with Crippen molar-refractivity contribution < 1.29 is 4.39 Å². The number of halogens is 1. The first-order valence-electron chi connectivity index (χ1n) is 5.84. The first kappa shape index (κ1) is 11.4. The largest absolute Gasteiger partial charge is 0.371 e. The highest BCUT2D eigenvalue weighted by molar-refractivity contribution is 5.60. The Bertz CT molecular complexity index is 378. The van der Waals surface area contributed by atoms with Gasteiger partial charge in [0.05, 0.1) is 5.69 Å². The maximum absolute atomic E-state index is 13.7. The highest BCUT2D eigenvalue weighted by Gasteiger charge is 2.31. The maximum atomic E-state index is 13.7. The summed E-state index contributed by atoms with van der Waals surface area (Å²) in [5, 5.41) is 0. The highest BCUT2D eigenvalue weighted by Crippen LogP contribution is 2.41. The van der Waals surface area contributed by atoms with E-state index in [0.717, 1.165) is 24.2 Å². The molecule has 0 radical (unpaired) electrons. The van der Waals surface area contributed by atoms with Crippen LogP contribution in [0.1, 0.15) is 24.8 Å². The van der Waals surface area contributed by atoms with Gasteiger partial charge in [0.25, 0.3) is 0 Å². The average molecular weight is 222 g/mol. The van der Waals surface area contributed by atoms with E-state index in [-0.39, 0.29) is 5.82 Å². The second-order valence-corrected chi connectivity index (χ2v) is 4.72. The number of rotatable bonds is 3. The summed E-state index contributed by atoms with van der Waals surface area (Å²) < 4.78 is 13.7. The number of hydrogen-bond acceptors (Lipinski definition) is 2. The van der Waals surface area contributed by atoms with Crippen LogP contribution in [0.4, 0.5) is 10.1 Å². The lowest BCUT2D eigenvalue weighted by Crippen LogP contribution is -2.21. The zero-order valence-electron chi connectivity index (χ0n) is 9.91. The normalized spacial score (nSPS) is 21.0. The Kier molecular flexibility index (Phi) is 3.15. The third kappa shape index (κ3) is 1.80. The molecule has 2 rings (SSSR count). The molecule has 1 aromatic carbocycles. The standard InChI is InChI=1S/C13H19FN2/c1-9(6-7-15)11-8-16(2)13-10(11)4-3-5-12(13)14/h3-5,9,11H,6-8,15H2,1-2H3. The molecule has 1 aliphatic rings. The van der Waals surface area contributed by atoms with Gasteiger partial charge in [-0.15, -0.1) is 0 Å². The quantitative estimate of drug-likeness (QED) is 0.850. The molecule has 0 aromatic heterocycles. The first-order valence-corrected chi connectivity index (χ1v) is 5.84. The van der Waals surface area contributed by atoms with E-state index < -0.39 is 0 Å². The van der Waals surface area contributed by atoms with Crippen molar-refractivity contribution in [3.8, 4) is 0 Å². The lowest BCUT2D eigenvalue weighted by molar-refractivity contribution is 0.451. The molecule has 88 valence electrons. The van der Waals surface area contributed by atoms with Gasteiger partial charge >= 0.3 is 0 Å². The molecule has 2 unspecified atom stereocenters. The number of para-hydroxylation sites is 1. The topological polar surface area (TPSA) is 29.3 Å². The third-order valence-corrected chi connectivity index (χ3v) is 3.58. The molecule has 16 heavy (non-hydrogen) atoms. The molecule has 1 heterocycles. The molecule has 2 N–H and O–H groups in total. The minimum Gasteiger partial charge on any atom is -0.371 e. The molecule has 3 heteroatoms. The van der Waals surface area contributed by atoms with Crippen LogP contribution in [0.5, 0.6) is 0 Å². The summed E-state index contributed by atoms with van der Waals surface area (Å²) in [5.74, 6) is 0.817. The van der Waals surface area contributed by atoms with Gasteiger partial charge in [-0.3, -0.25) is 0 Å². The molecule has 2 nitrogen and oxygen atoms in total. The summed E-state index contributed by atoms with van der Waals surface area (Å²) >= 11 is 0. The molecule has 0 saturated heterocycles. The van der Waals surface area contributed by atoms with E-state index in [2.05, 4.69) is 6.92 Å². The van der Waals surface area contributed by atoms with Crippen LogP contribution in [0.3, 0.4) is 0 Å². The van der Waals surface area contributed by atoms with Crippen molar-refractivity contribution >= 4 is 5.69 Å². The predicted molar refractivity (Wildman–Crippen MR) is 65.2 cm³/mol. The zero-order valence-corrected chi connectivity index (χ0v) is 9.91. The van der Waals surface area contributed by atoms with Crippen LogP contribution < -0.4 is 10.6 Å². The lowest BCUT2D eigenvalue weighted by Gasteiger charge is -2.19. The minimum absolute atomic E-state index is 0.109. The van der Waals surface area contributed by atoms with Crippen LogP contribution in [0.15, 0.2) is 18.2 Å². The Balaban J connectivity index is 2.32. The molecule has 0 aliphatic carbocycles. The number of hydrogen-bond donors (Lipinski definition) is 1. The molecule has 0 amide bonds. The summed E-state index contributed by atoms with van der Waals surface area (Å²) in [5.41, 5.74) is 7.51. The van der Waals surface area contributed by atoms with E-state index in [9.17, 15) is 4.39 Å². The Morgan fingerprint density at radius 2 is 2.31 bits per heavy atom. The molecule has 0 fully saturated rings. The second-order valence-electron chi connectivity index (χ2n) is 4.72. The molecule has 1 aliphatic heterocycles. The van der Waals surface area contributed by atoms with Gasteiger partial charge in [-0.05, 0) is 30.5 Å². The number of benzene rings is 1. The van der Waals surface area contributed by atoms with E-state index in [1.807, 2.05) is 18.0 Å². The summed E-state index contributed by atoms with van der Waals surface area (Å²) in [6.45, 7) is 3.80. The van der Waals surface area contributed by atoms with Gasteiger partial charge < -0.3 is 10.6 Å². The fourth-order valence-electron chi connectivity index (χ4n) is 2.67. The van der Waals surface area contributed by atoms with Gasteiger partial charge in [0.1, 0.15) is 5.82 Å². The van der Waals surface area contributed by atoms with Crippen LogP contribution in [-0.2, 0) is 0 Å². The summed E-state index contributed by atoms with van der Waals surface area (Å²) in [7, 11) is 1.96. The van der Waals surface area contributed by atoms with E-state index >= 15 is 0 Å². The fraction of sp³-hybridized carbons (Fsp3) is 0.538. The van der Waals surface area contributed by atoms with Gasteiger partial charge in [0.15, 0.2) is 0 Å². The van der Waals surface area contributed by atoms with Gasteiger partial charge in [0.2, 0.25) is 0 Å². The SMILES string of the molecule is CC(CCN)C1CN(C)c2c(F)cccc21. The van der Waals surface area contributed by atoms with E-state index in [1.165, 1.54) is 6.07 Å². The number of likely N-dealkylation sites (N-methyl/N-ethyl adjacent to an activating group) is 1. The van der Waals surface area contributed by atoms with Crippen molar-refractivity contribution in [2.45, 2.75) is 19.3 Å². The van der Waals surface area contributed by atoms with Crippen molar-refractivity contribution in [3.63, 3.8) is 0 Å². The molecule has 0 spiro atoms. The molecular formula is C13H19FN2. The van der Waals surface area contributed by atoms with E-state index in [1.54, 1.807) is 6.07 Å². The van der Waals surface area contributed by atoms with Gasteiger partial charge in [-0.25, -0.2) is 4.39 Å². The van der Waals surface area contributed by atoms with Crippen LogP contribution in [0, 0.1) is 11.7 Å². The number of nitrogens with two attached hydrogens (primary N) is 1. The average Bonchev–Trinajstić information content (AvgIpc) is 2.58. The predicted octanol–water partition coefficient (Wildman–Crippen LogP) is 2.34. The van der Waals surface area contributed by atoms with E-state index in [0.29, 0.717) is 18.4 Å². The monoisotopic (exact) mass is 222 g/mol. The Morgan fingerprint density at radius 3 is 3.00 bits per heavy atom. The van der Waals surface area contributed by atoms with Crippen LogP contribution in [0.2, 0.25) is 0 Å². The van der Waals surface area contributed by atoms with Crippen LogP contribution >= 0.6 is 0 Å². The second kappa shape index (κ2) is 4.42. The van der Waals surface area contributed by atoms with Crippen molar-refractivity contribution in [2.24, 2.45) is 11.7 Å². The van der Waals surface area contributed by atoms with Gasteiger partial charge in [-0.1, -0.05) is 19.1 Å². The minimum atomic E-state index is -0.109. The zero-order chi connectivity index (χ0) is 11.7. The van der Waals surface area contributed by atoms with Crippen molar-refractivity contribution in [3.05, 3.63) is 29.6 Å². The van der Waals surface area contributed by atoms with Crippen molar-refractivity contribution in [1.82, 2.24) is 0 Å². The Labute approximate surface area is 96.2 Å². The number of fused-ring (bicyclic) bond motifs is 1. The number of anilines is 1. The van der Waals surface area contributed by atoms with Crippen molar-refractivity contribution in [1.29, 1.82) is 0 Å². The maximum Gasteiger partial charge on any atom is 0.146 e. The smallest absolute Gasteiger partial charge is 0.146 e. The summed E-state index contributed by atoms with van der Waals surface area (Å²) in [6, 6.07) is 5.38. The van der Waals surface area contributed by atoms with Gasteiger partial charge in [0, 0.05) is 19.5 Å². The first-order chi connectivity index (χ1) is 7.65. The Morgan fingerprint density at radius 1 is 1.56 bits per heavy atom. The molecule has 1 aromatic rings. The fourth-order valence-corrected chi connectivity index (χ4v) is 2.67. The summed E-state index contributed by atoms with van der Waals surface area (Å²) in [6.07, 6.45) is 0.995. The molecular weight excluding hydrogens is 203 g/mol. The lowest BCUT2D eigenvalue weighted by atomic mass is 9.87. The molecule has 2 atom stereocenters. The Hall–Kier alpha value is -1.09. The van der Waals surface area contributed by atoms with Crippen molar-refractivity contribution in [2.75, 3.05) is 25.0 Å². The molecule has 0 saturated carbocycles. The third-order valence-electron chi connectivity index (χ3n) is 3.58. The van der Waals surface area contributed by atoms with Crippen LogP contribution in [-0.4, -0.2) is 20.1 Å². The number of nitrogens with zero attached hydrogens (tertiary/aromatic N) is 1. The summed E-state index contributed by atoms with van der Waals surface area (Å²) in [4.78, 5) is 2.02. The highest BCUT2D eigenvalue weighted by atomic mass is 19.1. The van der Waals surface area contributed by atoms with E-state index in [4.69, 9.17) is 5.73 Å². The molecule has 0 bridgehead atoms. The van der Waals surface area contributed by atoms with Gasteiger partial charge in [-0.2, -0.15) is 0 Å². The van der Waals surface area contributed by atoms with Crippen LogP contribution in [0.25, 0.3) is 0 Å².